The van der Waals surface area contributed by atoms with E-state index >= 15 is 0 Å². The van der Waals surface area contributed by atoms with Gasteiger partial charge >= 0.3 is 11.9 Å². The predicted molar refractivity (Wildman–Crippen MR) is 185 cm³/mol. The largest absolute Gasteiger partial charge is 0.462 e. The fourth-order valence-corrected chi connectivity index (χ4v) is 5.20. The lowest BCUT2D eigenvalue weighted by Crippen LogP contribution is -2.28. The third-order valence-corrected chi connectivity index (χ3v) is 8.03. The fourth-order valence-electron chi connectivity index (χ4n) is 5.20. The van der Waals surface area contributed by atoms with E-state index < -0.39 is 6.10 Å². The molecule has 0 aromatic rings. The molecular formula is C37H75NO6. The summed E-state index contributed by atoms with van der Waals surface area (Å²) in [6.07, 6.45) is 32.9. The second-order valence-corrected chi connectivity index (χ2v) is 12.5. The van der Waals surface area contributed by atoms with Crippen LogP contribution in [0, 0.1) is 0 Å². The molecule has 0 aromatic heterocycles. The highest BCUT2D eigenvalue weighted by atomic mass is 16.6. The van der Waals surface area contributed by atoms with E-state index in [9.17, 15) is 14.7 Å². The molecule has 0 unspecified atom stereocenters. The van der Waals surface area contributed by atoms with Gasteiger partial charge in [0.05, 0.1) is 13.2 Å². The summed E-state index contributed by atoms with van der Waals surface area (Å²) in [4.78, 5) is 24.1. The van der Waals surface area contributed by atoms with Crippen LogP contribution in [0.2, 0.25) is 0 Å². The number of aliphatic hydroxyl groups excluding tert-OH is 2. The number of nitrogens with two attached hydrogens (primary N) is 1. The van der Waals surface area contributed by atoms with Crippen molar-refractivity contribution in [2.24, 2.45) is 5.73 Å². The zero-order valence-corrected chi connectivity index (χ0v) is 29.3. The van der Waals surface area contributed by atoms with Crippen molar-refractivity contribution in [3.05, 3.63) is 0 Å². The van der Waals surface area contributed by atoms with E-state index in [4.69, 9.17) is 20.3 Å². The molecule has 0 rings (SSSR count). The molecule has 1 atom stereocenters. The summed E-state index contributed by atoms with van der Waals surface area (Å²) in [6.45, 7) is 4.61. The minimum absolute atomic E-state index is 0.0574. The minimum Gasteiger partial charge on any atom is -0.462 e. The van der Waals surface area contributed by atoms with Crippen LogP contribution in [0.4, 0.5) is 0 Å². The summed E-state index contributed by atoms with van der Waals surface area (Å²) in [5.41, 5.74) is 4.78. The number of carbonyl (C=O) groups is 2. The van der Waals surface area contributed by atoms with Gasteiger partial charge in [0.15, 0.2) is 6.10 Å². The van der Waals surface area contributed by atoms with E-state index in [1.165, 1.54) is 135 Å². The summed E-state index contributed by atoms with van der Waals surface area (Å²) >= 11 is 0. The molecule has 0 aliphatic carbocycles. The van der Waals surface area contributed by atoms with Crippen molar-refractivity contribution in [1.29, 1.82) is 0 Å². The maximum Gasteiger partial charge on any atom is 0.306 e. The second kappa shape index (κ2) is 39.8. The Morgan fingerprint density at radius 2 is 0.818 bits per heavy atom. The highest BCUT2D eigenvalue weighted by Crippen LogP contribution is 2.15. The van der Waals surface area contributed by atoms with E-state index in [1.54, 1.807) is 0 Å². The average Bonchev–Trinajstić information content (AvgIpc) is 3.03. The number of hydrogen-bond acceptors (Lipinski definition) is 7. The van der Waals surface area contributed by atoms with Gasteiger partial charge in [-0.2, -0.15) is 0 Å². The van der Waals surface area contributed by atoms with Crippen LogP contribution in [0.15, 0.2) is 0 Å². The molecule has 0 aromatic carbocycles. The van der Waals surface area contributed by atoms with Gasteiger partial charge in [-0.3, -0.25) is 9.59 Å². The standard InChI is InChI=1S/C35H68O5.C2H7NO/c1-3-5-7-9-11-13-15-17-19-21-23-25-27-29-34(37)39-32-33(31-36)40-35(38)30-28-26-24-22-20-18-16-14-12-10-8-6-4-2;3-1-2-4/h33,36H,3-32H2,1-2H3;4H,1-3H2/t33-;/m0./s1. The first kappa shape index (κ1) is 44.9. The first-order valence-electron chi connectivity index (χ1n) is 18.8. The summed E-state index contributed by atoms with van der Waals surface area (Å²) in [7, 11) is 0. The van der Waals surface area contributed by atoms with Crippen molar-refractivity contribution in [1.82, 2.24) is 0 Å². The predicted octanol–water partition coefficient (Wildman–Crippen LogP) is 9.33. The zero-order chi connectivity index (χ0) is 32.8. The Hall–Kier alpha value is -1.18. The van der Waals surface area contributed by atoms with Gasteiger partial charge in [-0.05, 0) is 12.8 Å². The van der Waals surface area contributed by atoms with Crippen molar-refractivity contribution >= 4 is 11.9 Å². The average molecular weight is 630 g/mol. The van der Waals surface area contributed by atoms with Crippen LogP contribution >= 0.6 is 0 Å². The van der Waals surface area contributed by atoms with Gasteiger partial charge in [0.25, 0.3) is 0 Å². The molecule has 0 saturated carbocycles. The third-order valence-electron chi connectivity index (χ3n) is 8.03. The van der Waals surface area contributed by atoms with E-state index in [2.05, 4.69) is 13.8 Å². The Balaban J connectivity index is 0. The monoisotopic (exact) mass is 630 g/mol. The molecule has 0 heterocycles. The molecule has 0 fully saturated rings. The fraction of sp³-hybridized carbons (Fsp3) is 0.946. The molecule has 0 spiro atoms. The smallest absolute Gasteiger partial charge is 0.306 e. The van der Waals surface area contributed by atoms with Crippen molar-refractivity contribution in [2.45, 2.75) is 200 Å². The van der Waals surface area contributed by atoms with Gasteiger partial charge in [-0.1, -0.05) is 168 Å². The van der Waals surface area contributed by atoms with Crippen LogP contribution in [0.3, 0.4) is 0 Å². The minimum atomic E-state index is -0.759. The van der Waals surface area contributed by atoms with Gasteiger partial charge in [-0.25, -0.2) is 0 Å². The van der Waals surface area contributed by atoms with Gasteiger partial charge in [0, 0.05) is 19.4 Å². The van der Waals surface area contributed by atoms with Crippen molar-refractivity contribution < 1.29 is 29.3 Å². The van der Waals surface area contributed by atoms with E-state index in [0.717, 1.165) is 32.1 Å². The Bertz CT molecular complexity index is 572. The number of ether oxygens (including phenoxy) is 2. The van der Waals surface area contributed by atoms with Crippen LogP contribution in [0.1, 0.15) is 194 Å². The van der Waals surface area contributed by atoms with Gasteiger partial charge in [-0.15, -0.1) is 0 Å². The van der Waals surface area contributed by atoms with E-state index in [-0.39, 0.29) is 31.8 Å². The molecule has 0 aliphatic heterocycles. The molecular weight excluding hydrogens is 554 g/mol. The molecule has 44 heavy (non-hydrogen) atoms. The molecule has 0 radical (unpaired) electrons. The van der Waals surface area contributed by atoms with Crippen LogP contribution in [-0.4, -0.2) is 54.6 Å². The van der Waals surface area contributed by atoms with Gasteiger partial charge < -0.3 is 25.4 Å². The highest BCUT2D eigenvalue weighted by Gasteiger charge is 2.16. The topological polar surface area (TPSA) is 119 Å². The molecule has 264 valence electrons. The lowest BCUT2D eigenvalue weighted by atomic mass is 10.0. The van der Waals surface area contributed by atoms with Gasteiger partial charge in [0.2, 0.25) is 0 Å². The molecule has 7 nitrogen and oxygen atoms in total. The number of esters is 2. The maximum absolute atomic E-state index is 12.1. The van der Waals surface area contributed by atoms with Gasteiger partial charge in [0.1, 0.15) is 6.61 Å². The molecule has 0 saturated heterocycles. The number of aliphatic hydroxyl groups is 2. The Morgan fingerprint density at radius 1 is 0.523 bits per heavy atom. The van der Waals surface area contributed by atoms with Crippen LogP contribution in [-0.2, 0) is 19.1 Å². The van der Waals surface area contributed by atoms with E-state index in [1.807, 2.05) is 0 Å². The number of hydrogen-bond donors (Lipinski definition) is 3. The Kier molecular flexibility index (Phi) is 40.7. The van der Waals surface area contributed by atoms with Crippen LogP contribution in [0.25, 0.3) is 0 Å². The zero-order valence-electron chi connectivity index (χ0n) is 29.3. The molecule has 0 bridgehead atoms. The molecule has 0 amide bonds. The van der Waals surface area contributed by atoms with Crippen molar-refractivity contribution in [2.75, 3.05) is 26.4 Å². The third kappa shape index (κ3) is 38.8. The quantitative estimate of drug-likeness (QED) is 0.0489. The number of carbonyl (C=O) groups excluding carboxylic acids is 2. The first-order valence-corrected chi connectivity index (χ1v) is 18.8. The molecule has 0 aliphatic rings. The van der Waals surface area contributed by atoms with Crippen LogP contribution in [0.5, 0.6) is 0 Å². The van der Waals surface area contributed by atoms with Crippen molar-refractivity contribution in [3.8, 4) is 0 Å². The number of rotatable bonds is 33. The molecule has 7 heteroatoms. The second-order valence-electron chi connectivity index (χ2n) is 12.5. The normalized spacial score (nSPS) is 11.6. The lowest BCUT2D eigenvalue weighted by Gasteiger charge is -2.15. The summed E-state index contributed by atoms with van der Waals surface area (Å²) in [5, 5.41) is 17.3. The first-order chi connectivity index (χ1) is 21.5. The maximum atomic E-state index is 12.1. The Morgan fingerprint density at radius 3 is 1.11 bits per heavy atom. The molecule has 4 N–H and O–H groups in total. The SMILES string of the molecule is CCCCCCCCCCCCCCCC(=O)OC[C@H](CO)OC(=O)CCCCCCCCCCCCCCC.NCCO. The summed E-state index contributed by atoms with van der Waals surface area (Å²) in [5.74, 6) is -0.580. The summed E-state index contributed by atoms with van der Waals surface area (Å²) < 4.78 is 10.6. The van der Waals surface area contributed by atoms with Crippen LogP contribution < -0.4 is 5.73 Å². The Labute approximate surface area is 272 Å². The van der Waals surface area contributed by atoms with E-state index in [0.29, 0.717) is 19.4 Å². The lowest BCUT2D eigenvalue weighted by molar-refractivity contribution is -0.161. The number of unbranched alkanes of at least 4 members (excludes halogenated alkanes) is 24. The van der Waals surface area contributed by atoms with Crippen molar-refractivity contribution in [3.63, 3.8) is 0 Å². The summed E-state index contributed by atoms with van der Waals surface area (Å²) in [6, 6.07) is 0. The highest BCUT2D eigenvalue weighted by molar-refractivity contribution is 5.70.